The first kappa shape index (κ1) is 88.3. The molecule has 2 unspecified atom stereocenters. The lowest BCUT2D eigenvalue weighted by Gasteiger charge is -2.40. The number of piperidine rings is 1. The number of hydrazine groups is 1. The van der Waals surface area contributed by atoms with Gasteiger partial charge >= 0.3 is 30.0 Å². The van der Waals surface area contributed by atoms with E-state index in [-0.39, 0.29) is 90.8 Å². The van der Waals surface area contributed by atoms with Crippen LogP contribution in [0.5, 0.6) is 5.75 Å². The molecular formula is C68H109N9O21S3. The van der Waals surface area contributed by atoms with Gasteiger partial charge in [-0.1, -0.05) is 129 Å². The molecule has 1 saturated heterocycles. The fourth-order valence-corrected chi connectivity index (χ4v) is 15.2. The van der Waals surface area contributed by atoms with Gasteiger partial charge in [-0.15, -0.1) is 11.3 Å². The lowest BCUT2D eigenvalue weighted by atomic mass is 9.79. The number of phenolic OH excluding ortho intramolecular Hbond substituents is 1. The van der Waals surface area contributed by atoms with Gasteiger partial charge in [0, 0.05) is 54.7 Å². The van der Waals surface area contributed by atoms with Crippen molar-refractivity contribution in [2.24, 2.45) is 35.5 Å². The van der Waals surface area contributed by atoms with Gasteiger partial charge in [0.2, 0.25) is 29.5 Å². The Kier molecular flexibility index (Phi) is 39.0. The first-order chi connectivity index (χ1) is 47.8. The number of aliphatic hydroxyl groups is 4. The number of phenols is 1. The molecule has 0 radical (unpaired) electrons. The van der Waals surface area contributed by atoms with Crippen molar-refractivity contribution in [3.05, 3.63) is 45.9 Å². The Morgan fingerprint density at radius 3 is 2.03 bits per heavy atom. The number of aromatic hydroxyl groups is 1. The van der Waals surface area contributed by atoms with Crippen molar-refractivity contribution in [2.75, 3.05) is 45.0 Å². The van der Waals surface area contributed by atoms with E-state index >= 15 is 4.79 Å². The first-order valence-electron chi connectivity index (χ1n) is 34.6. The van der Waals surface area contributed by atoms with Crippen molar-refractivity contribution < 1.29 is 103 Å². The summed E-state index contributed by atoms with van der Waals surface area (Å²) in [6.07, 6.45) is -4.85. The number of rotatable bonds is 45. The molecule has 33 heteroatoms. The number of amides is 7. The van der Waals surface area contributed by atoms with Crippen LogP contribution in [0.4, 0.5) is 4.79 Å². The maximum absolute atomic E-state index is 15.0. The third-order valence-electron chi connectivity index (χ3n) is 18.6. The Hall–Kier alpha value is -6.88. The van der Waals surface area contributed by atoms with E-state index in [1.807, 2.05) is 46.6 Å². The molecule has 3 rings (SSSR count). The number of aliphatic carboxylic acids is 2. The van der Waals surface area contributed by atoms with E-state index in [1.54, 1.807) is 46.8 Å². The minimum absolute atomic E-state index is 0.000231. The summed E-state index contributed by atoms with van der Waals surface area (Å²) >= 11 is 1.03. The van der Waals surface area contributed by atoms with Gasteiger partial charge in [0.15, 0.2) is 12.8 Å². The third-order valence-corrected chi connectivity index (χ3v) is 21.9. The lowest BCUT2D eigenvalue weighted by molar-refractivity contribution is -0.160. The summed E-state index contributed by atoms with van der Waals surface area (Å²) in [5.74, 6) is -12.7. The van der Waals surface area contributed by atoms with Crippen LogP contribution in [0.15, 0.2) is 29.6 Å². The largest absolute Gasteiger partial charge is 0.508 e. The molecule has 1 aliphatic rings. The molecule has 1 aliphatic heterocycles. The number of carboxylic acids is 2. The van der Waals surface area contributed by atoms with Crippen LogP contribution in [0.25, 0.3) is 0 Å². The smallest absolute Gasteiger partial charge is 0.426 e. The van der Waals surface area contributed by atoms with E-state index < -0.39 is 163 Å². The summed E-state index contributed by atoms with van der Waals surface area (Å²) in [5, 5.41) is 84.5. The van der Waals surface area contributed by atoms with Gasteiger partial charge in [-0.25, -0.2) is 15.2 Å². The number of carboxylic acid groups (broad SMARTS) is 2. The summed E-state index contributed by atoms with van der Waals surface area (Å²) in [6, 6.07) is 1.15. The fourth-order valence-electron chi connectivity index (χ4n) is 12.1. The molecule has 0 bridgehead atoms. The zero-order valence-electron chi connectivity index (χ0n) is 60.1. The molecule has 570 valence electrons. The number of nitrogens with zero attached hydrogens (tertiary/aromatic N) is 3. The zero-order chi connectivity index (χ0) is 75.8. The Bertz CT molecular complexity index is 2990. The number of benzene rings is 1. The standard InChI is InChI=1S/C68H109N9O21S3/c1-13-21-54(84)97-37-77(65(92)55(39(9)14-2)71-62(90)49-22-19-20-27-76(49)12)50(38(7)8)33-52(98-41(11)79)64-70-48(36-99-64)61(89)69-44(31-42-23-25-45(80)26-24-42)30-40(10)59(87)74-75-67(95)96-28-29-100-101-35-47(66(93)94)68(17-5,18-6)73-63(91)56(58(86)57(85)51(81)34-78)72-60(88)46(32-53(82)83)43(15-3)16-4/h23-26,36,38-40,43-44,46-47,49-52,55-58,78,80-81,85-86H,13-22,27-35,37H2,1-12H3,(H,69,89)(H,71,90)(H,72,88)(H,73,91)(H,74,87)(H,75,95)(H,82,83)(H,93,94)/t39?,40-,44+,46+,47+,49+,50+,51+,52+,55-,56?,57+,58+/m0/s1. The van der Waals surface area contributed by atoms with Gasteiger partial charge in [0.05, 0.1) is 36.4 Å². The van der Waals surface area contributed by atoms with E-state index in [1.165, 1.54) is 29.3 Å². The molecule has 13 N–H and O–H groups in total. The van der Waals surface area contributed by atoms with Crippen LogP contribution < -0.4 is 32.1 Å². The number of aromatic nitrogens is 1. The highest BCUT2D eigenvalue weighted by atomic mass is 33.1. The molecular weight excluding hydrogens is 1370 g/mol. The Balaban J connectivity index is 1.76. The number of ether oxygens (including phenoxy) is 3. The van der Waals surface area contributed by atoms with E-state index in [4.69, 9.17) is 14.2 Å². The number of carbonyl (C=O) groups is 11. The number of thiazole rings is 1. The first-order valence-corrected chi connectivity index (χ1v) is 38.0. The van der Waals surface area contributed by atoms with Crippen molar-refractivity contribution in [1.29, 1.82) is 0 Å². The molecule has 7 amide bonds. The number of carbonyl (C=O) groups excluding carboxylic acids is 9. The van der Waals surface area contributed by atoms with Crippen molar-refractivity contribution in [3.63, 3.8) is 0 Å². The monoisotopic (exact) mass is 1480 g/mol. The molecule has 30 nitrogen and oxygen atoms in total. The predicted molar refractivity (Wildman–Crippen MR) is 378 cm³/mol. The lowest BCUT2D eigenvalue weighted by Crippen LogP contribution is -2.65. The summed E-state index contributed by atoms with van der Waals surface area (Å²) in [7, 11) is 4.04. The van der Waals surface area contributed by atoms with E-state index in [9.17, 15) is 83.7 Å². The molecule has 13 atom stereocenters. The second-order valence-corrected chi connectivity index (χ2v) is 29.6. The number of hydrogen-bond acceptors (Lipinski definition) is 24. The number of hydrogen-bond donors (Lipinski definition) is 13. The normalized spacial score (nSPS) is 17.0. The second kappa shape index (κ2) is 44.6. The van der Waals surface area contributed by atoms with Crippen molar-refractivity contribution >= 4 is 98.3 Å². The van der Waals surface area contributed by atoms with Crippen LogP contribution in [0.1, 0.15) is 187 Å². The van der Waals surface area contributed by atoms with Crippen LogP contribution >= 0.6 is 32.9 Å². The molecule has 0 aliphatic carbocycles. The highest BCUT2D eigenvalue weighted by Gasteiger charge is 2.47. The van der Waals surface area contributed by atoms with Crippen LogP contribution in [-0.2, 0) is 63.8 Å². The Morgan fingerprint density at radius 2 is 1.47 bits per heavy atom. The maximum Gasteiger partial charge on any atom is 0.426 e. The van der Waals surface area contributed by atoms with Crippen molar-refractivity contribution in [1.82, 2.24) is 46.9 Å². The van der Waals surface area contributed by atoms with Crippen LogP contribution in [0.3, 0.4) is 0 Å². The van der Waals surface area contributed by atoms with Gasteiger partial charge in [-0.3, -0.25) is 58.3 Å². The molecule has 2 aromatic rings. The molecule has 2 heterocycles. The van der Waals surface area contributed by atoms with Crippen molar-refractivity contribution in [3.8, 4) is 5.75 Å². The van der Waals surface area contributed by atoms with Crippen LogP contribution in [0, 0.1) is 35.5 Å². The Morgan fingerprint density at radius 1 is 0.802 bits per heavy atom. The second-order valence-electron chi connectivity index (χ2n) is 26.1. The van der Waals surface area contributed by atoms with Gasteiger partial charge in [-0.2, -0.15) is 0 Å². The van der Waals surface area contributed by atoms with Crippen LogP contribution in [0.2, 0.25) is 0 Å². The predicted octanol–water partition coefficient (Wildman–Crippen LogP) is 4.98. The van der Waals surface area contributed by atoms with Crippen LogP contribution in [-0.4, -0.2) is 215 Å². The highest BCUT2D eigenvalue weighted by molar-refractivity contribution is 8.76. The quantitative estimate of drug-likeness (QED) is 0.0104. The van der Waals surface area contributed by atoms with Gasteiger partial charge in [0.25, 0.3) is 5.91 Å². The summed E-state index contributed by atoms with van der Waals surface area (Å²) < 4.78 is 16.8. The molecule has 1 aromatic carbocycles. The summed E-state index contributed by atoms with van der Waals surface area (Å²) in [5.41, 5.74) is 3.55. The molecule has 101 heavy (non-hydrogen) atoms. The van der Waals surface area contributed by atoms with E-state index in [0.717, 1.165) is 52.3 Å². The minimum atomic E-state index is -2.26. The summed E-state index contributed by atoms with van der Waals surface area (Å²) in [4.78, 5) is 156. The average Bonchev–Trinajstić information content (AvgIpc) is 1.40. The SMILES string of the molecule is CCCC(=O)OCN(C(=O)[C@@H](NC(=O)[C@H]1CCCCN1C)C(C)CC)[C@H](C[C@@H](OC(C)=O)c1nc(C(=O)N[C@@H](Cc2ccc(O)cc2)C[C@H](C)C(=O)NNC(=O)OCCSSC[C@H](C(=O)O)C(CC)(CC)NC(=O)C(NC(=O)[C@H](CC(=O)O)C(CC)CC)[C@@H](O)[C@H](O)[C@H](O)CO)cs1)C(C)C. The van der Waals surface area contributed by atoms with Gasteiger partial charge in [-0.05, 0) is 94.0 Å². The number of esters is 2. The number of aliphatic hydroxyl groups excluding tert-OH is 4. The summed E-state index contributed by atoms with van der Waals surface area (Å²) in [6.45, 7) is 17.7. The van der Waals surface area contributed by atoms with Crippen molar-refractivity contribution in [2.45, 2.75) is 226 Å². The number of nitrogens with one attached hydrogen (secondary N) is 6. The van der Waals surface area contributed by atoms with Gasteiger partial charge in [0.1, 0.15) is 53.5 Å². The minimum Gasteiger partial charge on any atom is -0.508 e. The molecule has 1 fully saturated rings. The maximum atomic E-state index is 15.0. The molecule has 0 saturated carbocycles. The number of likely N-dealkylation sites (tertiary alicyclic amines) is 1. The average molecular weight is 1480 g/mol. The molecule has 1 aromatic heterocycles. The zero-order valence-corrected chi connectivity index (χ0v) is 62.6. The third kappa shape index (κ3) is 28.0. The molecule has 0 spiro atoms. The van der Waals surface area contributed by atoms with E-state index in [2.05, 4.69) is 37.1 Å². The Labute approximate surface area is 603 Å². The number of likely N-dealkylation sites (N-methyl/N-ethyl adjacent to an activating group) is 1. The van der Waals surface area contributed by atoms with E-state index in [0.29, 0.717) is 37.7 Å². The fraction of sp³-hybridized carbons (Fsp3) is 0.706. The highest BCUT2D eigenvalue weighted by Crippen LogP contribution is 2.35. The van der Waals surface area contributed by atoms with Gasteiger partial charge < -0.3 is 76.1 Å². The topological polar surface area (TPSA) is 449 Å².